The molecule has 6 nitrogen and oxygen atoms in total. The minimum atomic E-state index is -0.897. The molecule has 0 spiro atoms. The zero-order valence-corrected chi connectivity index (χ0v) is 7.07. The fourth-order valence-corrected chi connectivity index (χ4v) is 0.734. The molecule has 70 valence electrons. The molecule has 0 aromatic heterocycles. The maximum Gasteiger partial charge on any atom is 0.294 e. The molecule has 1 atom stereocenters. The van der Waals surface area contributed by atoms with Crippen LogP contribution in [0.4, 0.5) is 0 Å². The highest BCUT2D eigenvalue weighted by Crippen LogP contribution is 2.02. The van der Waals surface area contributed by atoms with E-state index in [1.54, 1.807) is 6.92 Å². The number of nitrogens with one attached hydrogen (secondary N) is 1. The van der Waals surface area contributed by atoms with Crippen molar-refractivity contribution in [1.29, 1.82) is 0 Å². The van der Waals surface area contributed by atoms with E-state index in [9.17, 15) is 14.9 Å². The second-order valence-corrected chi connectivity index (χ2v) is 2.24. The van der Waals surface area contributed by atoms with Gasteiger partial charge >= 0.3 is 0 Å². The molecule has 0 heterocycles. The van der Waals surface area contributed by atoms with Crippen LogP contribution in [0.2, 0.25) is 0 Å². The topological polar surface area (TPSA) is 81.5 Å². The fraction of sp³-hybridized carbons (Fsp3) is 0.833. The van der Waals surface area contributed by atoms with Crippen molar-refractivity contribution < 1.29 is 14.7 Å². The van der Waals surface area contributed by atoms with Crippen LogP contribution in [0.15, 0.2) is 0 Å². The normalized spacial score (nSPS) is 11.8. The maximum atomic E-state index is 10.9. The zero-order valence-electron chi connectivity index (χ0n) is 7.07. The Hall–Kier alpha value is -1.33. The van der Waals surface area contributed by atoms with Crippen molar-refractivity contribution in [3.8, 4) is 0 Å². The maximum absolute atomic E-state index is 10.9. The molecule has 6 heteroatoms. The van der Waals surface area contributed by atoms with Gasteiger partial charge in [-0.25, -0.2) is 0 Å². The van der Waals surface area contributed by atoms with Crippen LogP contribution in [0.3, 0.4) is 0 Å². The monoisotopic (exact) mass is 176 g/mol. The molecule has 0 fully saturated rings. The summed E-state index contributed by atoms with van der Waals surface area (Å²) in [5.74, 6) is -0.681. The minimum absolute atomic E-state index is 0.177. The van der Waals surface area contributed by atoms with Gasteiger partial charge in [-0.15, -0.1) is 10.1 Å². The van der Waals surface area contributed by atoms with E-state index in [1.807, 2.05) is 0 Å². The highest BCUT2D eigenvalue weighted by atomic mass is 16.9. The highest BCUT2D eigenvalue weighted by Gasteiger charge is 2.16. The van der Waals surface area contributed by atoms with Gasteiger partial charge in [0.25, 0.3) is 5.09 Å². The van der Waals surface area contributed by atoms with E-state index in [0.717, 1.165) is 0 Å². The fourth-order valence-electron chi connectivity index (χ4n) is 0.734. The van der Waals surface area contributed by atoms with Crippen molar-refractivity contribution >= 4 is 5.91 Å². The van der Waals surface area contributed by atoms with E-state index in [-0.39, 0.29) is 12.5 Å². The molecule has 0 aliphatic carbocycles. The van der Waals surface area contributed by atoms with Crippen molar-refractivity contribution in [2.24, 2.45) is 5.92 Å². The summed E-state index contributed by atoms with van der Waals surface area (Å²) in [4.78, 5) is 24.8. The van der Waals surface area contributed by atoms with E-state index in [2.05, 4.69) is 10.2 Å². The number of amides is 1. The van der Waals surface area contributed by atoms with Crippen LogP contribution >= 0.6 is 0 Å². The Bertz CT molecular complexity index is 171. The molecule has 1 unspecified atom stereocenters. The molecule has 0 rings (SSSR count). The van der Waals surface area contributed by atoms with Crippen LogP contribution in [0.5, 0.6) is 0 Å². The first-order valence-electron chi connectivity index (χ1n) is 3.60. The quantitative estimate of drug-likeness (QED) is 0.471. The second-order valence-electron chi connectivity index (χ2n) is 2.24. The van der Waals surface area contributed by atoms with Gasteiger partial charge in [-0.3, -0.25) is 4.79 Å². The predicted octanol–water partition coefficient (Wildman–Crippen LogP) is -0.0331. The summed E-state index contributed by atoms with van der Waals surface area (Å²) in [5, 5.41) is 11.3. The minimum Gasteiger partial charge on any atom is -0.359 e. The van der Waals surface area contributed by atoms with Crippen molar-refractivity contribution in [3.63, 3.8) is 0 Å². The molecule has 12 heavy (non-hydrogen) atoms. The van der Waals surface area contributed by atoms with Gasteiger partial charge in [0, 0.05) is 7.05 Å². The van der Waals surface area contributed by atoms with Crippen LogP contribution in [0.25, 0.3) is 0 Å². The Morgan fingerprint density at radius 2 is 2.33 bits per heavy atom. The molecule has 1 amide bonds. The molecule has 0 aromatic carbocycles. The summed E-state index contributed by atoms with van der Waals surface area (Å²) >= 11 is 0. The first-order chi connectivity index (χ1) is 5.61. The molecule has 0 bridgehead atoms. The lowest BCUT2D eigenvalue weighted by molar-refractivity contribution is -0.758. The van der Waals surface area contributed by atoms with Gasteiger partial charge in [0.1, 0.15) is 6.61 Å². The summed E-state index contributed by atoms with van der Waals surface area (Å²) in [6, 6.07) is 0. The Balaban J connectivity index is 3.83. The van der Waals surface area contributed by atoms with Crippen molar-refractivity contribution in [1.82, 2.24) is 5.32 Å². The second kappa shape index (κ2) is 5.34. The summed E-state index contributed by atoms with van der Waals surface area (Å²) in [5.41, 5.74) is 0. The molecular weight excluding hydrogens is 164 g/mol. The van der Waals surface area contributed by atoms with E-state index in [1.165, 1.54) is 7.05 Å². The first kappa shape index (κ1) is 10.7. The summed E-state index contributed by atoms with van der Waals surface area (Å²) < 4.78 is 0. The van der Waals surface area contributed by atoms with Gasteiger partial charge in [-0.05, 0) is 6.42 Å². The number of hydrogen-bond donors (Lipinski definition) is 1. The molecule has 0 radical (unpaired) electrons. The van der Waals surface area contributed by atoms with Crippen LogP contribution in [0, 0.1) is 16.0 Å². The lowest BCUT2D eigenvalue weighted by Crippen LogP contribution is -2.30. The predicted molar refractivity (Wildman–Crippen MR) is 40.8 cm³/mol. The molecule has 0 saturated carbocycles. The third-order valence-electron chi connectivity index (χ3n) is 1.49. The van der Waals surface area contributed by atoms with Gasteiger partial charge in [0.15, 0.2) is 0 Å². The third-order valence-corrected chi connectivity index (χ3v) is 1.49. The average Bonchev–Trinajstić information content (AvgIpc) is 2.04. The summed E-state index contributed by atoms with van der Waals surface area (Å²) in [6.07, 6.45) is 0.521. The van der Waals surface area contributed by atoms with E-state index in [4.69, 9.17) is 0 Å². The van der Waals surface area contributed by atoms with E-state index < -0.39 is 11.0 Å². The Kier molecular flexibility index (Phi) is 4.75. The number of nitrogens with zero attached hydrogens (tertiary/aromatic N) is 1. The van der Waals surface area contributed by atoms with E-state index >= 15 is 0 Å². The van der Waals surface area contributed by atoms with Gasteiger partial charge in [0.05, 0.1) is 5.92 Å². The van der Waals surface area contributed by atoms with Crippen molar-refractivity contribution in [2.75, 3.05) is 13.7 Å². The van der Waals surface area contributed by atoms with E-state index in [0.29, 0.717) is 6.42 Å². The number of carbonyl (C=O) groups excluding carboxylic acids is 1. The van der Waals surface area contributed by atoms with Crippen LogP contribution in [-0.2, 0) is 9.63 Å². The van der Waals surface area contributed by atoms with Gasteiger partial charge in [-0.1, -0.05) is 6.92 Å². The van der Waals surface area contributed by atoms with Crippen molar-refractivity contribution in [2.45, 2.75) is 13.3 Å². The smallest absolute Gasteiger partial charge is 0.294 e. The standard InChI is InChI=1S/C6H12N2O4/c1-3-5(6(9)7-2)4-12-8(10)11/h5H,3-4H2,1-2H3,(H,7,9). The average molecular weight is 176 g/mol. The number of rotatable bonds is 5. The first-order valence-corrected chi connectivity index (χ1v) is 3.60. The third kappa shape index (κ3) is 3.75. The molecule has 0 aromatic rings. The highest BCUT2D eigenvalue weighted by molar-refractivity contribution is 5.78. The van der Waals surface area contributed by atoms with Gasteiger partial charge < -0.3 is 10.2 Å². The van der Waals surface area contributed by atoms with Crippen LogP contribution in [-0.4, -0.2) is 24.6 Å². The lowest BCUT2D eigenvalue weighted by atomic mass is 10.1. The Morgan fingerprint density at radius 3 is 2.67 bits per heavy atom. The largest absolute Gasteiger partial charge is 0.359 e. The zero-order chi connectivity index (χ0) is 9.56. The molecule has 0 aliphatic rings. The Labute approximate surface area is 70.0 Å². The SMILES string of the molecule is CCC(CO[N+](=O)[O-])C(=O)NC. The molecule has 0 aliphatic heterocycles. The summed E-state index contributed by atoms with van der Waals surface area (Å²) in [7, 11) is 1.48. The molecule has 0 saturated heterocycles. The van der Waals surface area contributed by atoms with Crippen LogP contribution in [0.1, 0.15) is 13.3 Å². The lowest BCUT2D eigenvalue weighted by Gasteiger charge is -2.10. The van der Waals surface area contributed by atoms with Crippen LogP contribution < -0.4 is 5.32 Å². The Morgan fingerprint density at radius 1 is 1.75 bits per heavy atom. The number of carbonyl (C=O) groups is 1. The van der Waals surface area contributed by atoms with Gasteiger partial charge in [-0.2, -0.15) is 0 Å². The van der Waals surface area contributed by atoms with Gasteiger partial charge in [0.2, 0.25) is 5.91 Å². The molecule has 1 N–H and O–H groups in total. The van der Waals surface area contributed by atoms with Crippen molar-refractivity contribution in [3.05, 3.63) is 10.1 Å². The molecular formula is C6H12N2O4. The summed E-state index contributed by atoms with van der Waals surface area (Å²) in [6.45, 7) is 1.59. The number of hydrogen-bond acceptors (Lipinski definition) is 4.